The Morgan fingerprint density at radius 1 is 1.26 bits per heavy atom. The van der Waals surface area contributed by atoms with Crippen LogP contribution >= 0.6 is 11.8 Å². The number of hydrogen-bond acceptors (Lipinski definition) is 8. The summed E-state index contributed by atoms with van der Waals surface area (Å²) in [5.74, 6) is -1.71. The van der Waals surface area contributed by atoms with Gasteiger partial charge in [0.1, 0.15) is 11.4 Å². The van der Waals surface area contributed by atoms with Crippen molar-refractivity contribution >= 4 is 40.9 Å². The highest BCUT2D eigenvalue weighted by Crippen LogP contribution is 2.32. The number of nitrogens with one attached hydrogen (secondary N) is 1. The SMILES string of the molecule is CC(C)Cn1c(N)c(C(=O)COC(=O)c2ccc3c(c2)NC(=O)CS3)c(=O)n(C)c1=O. The lowest BCUT2D eigenvalue weighted by atomic mass is 10.1. The molecule has 11 heteroatoms. The molecule has 1 amide bonds. The molecule has 2 aromatic rings. The third-order valence-corrected chi connectivity index (χ3v) is 5.67. The standard InChI is InChI=1S/C20H22N4O6S/c1-10(2)7-24-17(21)16(18(27)23(3)20(24)29)13(25)8-30-19(28)11-4-5-14-12(6-11)22-15(26)9-31-14/h4-6,10H,7-9,21H2,1-3H3,(H,22,26). The fourth-order valence-corrected chi connectivity index (χ4v) is 3.87. The fourth-order valence-electron chi connectivity index (χ4n) is 3.08. The first-order valence-electron chi connectivity index (χ1n) is 9.46. The Balaban J connectivity index is 1.81. The smallest absolute Gasteiger partial charge is 0.338 e. The summed E-state index contributed by atoms with van der Waals surface area (Å²) in [5, 5.41) is 2.67. The van der Waals surface area contributed by atoms with Crippen LogP contribution in [0.2, 0.25) is 0 Å². The maximum Gasteiger partial charge on any atom is 0.338 e. The van der Waals surface area contributed by atoms with Gasteiger partial charge in [-0.3, -0.25) is 23.5 Å². The average molecular weight is 446 g/mol. The number of ketones is 1. The van der Waals surface area contributed by atoms with Crippen LogP contribution in [0.15, 0.2) is 32.7 Å². The number of ether oxygens (including phenoxy) is 1. The molecule has 1 aliphatic rings. The molecule has 164 valence electrons. The van der Waals surface area contributed by atoms with Crippen molar-refractivity contribution in [1.29, 1.82) is 0 Å². The Morgan fingerprint density at radius 2 is 1.97 bits per heavy atom. The summed E-state index contributed by atoms with van der Waals surface area (Å²) in [5.41, 5.74) is 4.71. The van der Waals surface area contributed by atoms with Crippen LogP contribution in [0.1, 0.15) is 34.6 Å². The van der Waals surface area contributed by atoms with Gasteiger partial charge >= 0.3 is 11.7 Å². The highest BCUT2D eigenvalue weighted by Gasteiger charge is 2.24. The Morgan fingerprint density at radius 3 is 2.65 bits per heavy atom. The maximum absolute atomic E-state index is 12.7. The second-order valence-electron chi connectivity index (χ2n) is 7.46. The molecule has 0 saturated heterocycles. The number of nitrogen functional groups attached to an aromatic ring is 1. The van der Waals surface area contributed by atoms with Crippen molar-refractivity contribution in [3.63, 3.8) is 0 Å². The van der Waals surface area contributed by atoms with Gasteiger partial charge in [0.2, 0.25) is 11.7 Å². The van der Waals surface area contributed by atoms with Gasteiger partial charge in [-0.05, 0) is 24.1 Å². The van der Waals surface area contributed by atoms with E-state index in [1.807, 2.05) is 13.8 Å². The van der Waals surface area contributed by atoms with Gasteiger partial charge in [-0.1, -0.05) is 13.8 Å². The minimum absolute atomic E-state index is 0.0425. The number of aromatic nitrogens is 2. The molecule has 0 spiro atoms. The molecule has 0 aliphatic carbocycles. The number of anilines is 2. The third-order valence-electron chi connectivity index (χ3n) is 4.59. The number of fused-ring (bicyclic) bond motifs is 1. The van der Waals surface area contributed by atoms with E-state index in [1.54, 1.807) is 6.07 Å². The summed E-state index contributed by atoms with van der Waals surface area (Å²) < 4.78 is 7.03. The molecule has 0 atom stereocenters. The van der Waals surface area contributed by atoms with Gasteiger partial charge in [0.05, 0.1) is 17.0 Å². The first kappa shape index (κ1) is 22.3. The Kier molecular flexibility index (Phi) is 6.34. The molecule has 0 radical (unpaired) electrons. The monoisotopic (exact) mass is 446 g/mol. The van der Waals surface area contributed by atoms with Gasteiger partial charge in [-0.15, -0.1) is 11.8 Å². The molecule has 2 heterocycles. The molecule has 3 rings (SSSR count). The van der Waals surface area contributed by atoms with Crippen molar-refractivity contribution in [3.05, 3.63) is 50.2 Å². The topological polar surface area (TPSA) is 142 Å². The molecular weight excluding hydrogens is 424 g/mol. The van der Waals surface area contributed by atoms with E-state index in [9.17, 15) is 24.0 Å². The molecule has 0 unspecified atom stereocenters. The summed E-state index contributed by atoms with van der Waals surface area (Å²) in [6.45, 7) is 3.22. The van der Waals surface area contributed by atoms with Crippen LogP contribution in [0.5, 0.6) is 0 Å². The van der Waals surface area contributed by atoms with Crippen molar-refractivity contribution in [3.8, 4) is 0 Å². The lowest BCUT2D eigenvalue weighted by Gasteiger charge is -2.17. The minimum atomic E-state index is -0.850. The number of amides is 1. The molecule has 31 heavy (non-hydrogen) atoms. The van der Waals surface area contributed by atoms with Crippen molar-refractivity contribution in [2.75, 3.05) is 23.4 Å². The minimum Gasteiger partial charge on any atom is -0.454 e. The number of nitrogens with two attached hydrogens (primary N) is 1. The van der Waals surface area contributed by atoms with Crippen LogP contribution in [-0.4, -0.2) is 39.2 Å². The van der Waals surface area contributed by atoms with Crippen molar-refractivity contribution in [2.45, 2.75) is 25.3 Å². The zero-order valence-corrected chi connectivity index (χ0v) is 18.1. The summed E-state index contributed by atoms with van der Waals surface area (Å²) in [6, 6.07) is 4.65. The van der Waals surface area contributed by atoms with Gasteiger partial charge in [-0.25, -0.2) is 9.59 Å². The van der Waals surface area contributed by atoms with E-state index in [4.69, 9.17) is 10.5 Å². The maximum atomic E-state index is 12.7. The van der Waals surface area contributed by atoms with Crippen LogP contribution in [0, 0.1) is 5.92 Å². The van der Waals surface area contributed by atoms with E-state index in [0.717, 1.165) is 14.0 Å². The lowest BCUT2D eigenvalue weighted by Crippen LogP contribution is -2.43. The van der Waals surface area contributed by atoms with E-state index in [2.05, 4.69) is 5.32 Å². The highest BCUT2D eigenvalue weighted by molar-refractivity contribution is 8.00. The molecule has 0 bridgehead atoms. The van der Waals surface area contributed by atoms with E-state index in [0.29, 0.717) is 11.4 Å². The van der Waals surface area contributed by atoms with Crippen LogP contribution in [0.25, 0.3) is 0 Å². The first-order valence-corrected chi connectivity index (χ1v) is 10.4. The number of nitrogens with zero attached hydrogens (tertiary/aromatic N) is 2. The second kappa shape index (κ2) is 8.80. The molecule has 10 nitrogen and oxygen atoms in total. The molecule has 1 aliphatic heterocycles. The molecule has 0 fully saturated rings. The number of benzene rings is 1. The molecule has 1 aromatic heterocycles. The lowest BCUT2D eigenvalue weighted by molar-refractivity contribution is -0.113. The fraction of sp³-hybridized carbons (Fsp3) is 0.350. The number of esters is 1. The van der Waals surface area contributed by atoms with E-state index in [1.165, 1.54) is 30.9 Å². The van der Waals surface area contributed by atoms with Crippen LogP contribution < -0.4 is 22.3 Å². The number of thioether (sulfide) groups is 1. The van der Waals surface area contributed by atoms with Gasteiger partial charge in [0.15, 0.2) is 6.61 Å². The number of carbonyl (C=O) groups is 3. The zero-order chi connectivity index (χ0) is 22.9. The zero-order valence-electron chi connectivity index (χ0n) is 17.3. The molecule has 0 saturated carbocycles. The first-order chi connectivity index (χ1) is 14.6. The van der Waals surface area contributed by atoms with E-state index >= 15 is 0 Å². The quantitative estimate of drug-likeness (QED) is 0.492. The summed E-state index contributed by atoms with van der Waals surface area (Å²) >= 11 is 1.35. The van der Waals surface area contributed by atoms with E-state index < -0.39 is 35.2 Å². The predicted octanol–water partition coefficient (Wildman–Crippen LogP) is 0.869. The van der Waals surface area contributed by atoms with Gasteiger partial charge in [-0.2, -0.15) is 0 Å². The molecular formula is C20H22N4O6S. The summed E-state index contributed by atoms with van der Waals surface area (Å²) in [4.78, 5) is 62.2. The summed E-state index contributed by atoms with van der Waals surface area (Å²) in [7, 11) is 1.25. The Hall–Kier alpha value is -3.34. The highest BCUT2D eigenvalue weighted by atomic mass is 32.2. The second-order valence-corrected chi connectivity index (χ2v) is 8.48. The van der Waals surface area contributed by atoms with Gasteiger partial charge < -0.3 is 15.8 Å². The van der Waals surface area contributed by atoms with Crippen molar-refractivity contribution in [2.24, 2.45) is 13.0 Å². The largest absolute Gasteiger partial charge is 0.454 e. The van der Waals surface area contributed by atoms with Crippen molar-refractivity contribution < 1.29 is 19.1 Å². The Labute approximate surface area is 181 Å². The van der Waals surface area contributed by atoms with Crippen LogP contribution in [0.3, 0.4) is 0 Å². The average Bonchev–Trinajstić information content (AvgIpc) is 2.73. The number of Topliss-reactive ketones (excluding diaryl/α,β-unsaturated/α-hetero) is 1. The normalized spacial score (nSPS) is 13.0. The molecule has 1 aromatic carbocycles. The Bertz CT molecular complexity index is 1200. The van der Waals surface area contributed by atoms with Crippen molar-refractivity contribution in [1.82, 2.24) is 9.13 Å². The number of rotatable bonds is 6. The summed E-state index contributed by atoms with van der Waals surface area (Å²) in [6.07, 6.45) is 0. The van der Waals surface area contributed by atoms with Gasteiger partial charge in [0.25, 0.3) is 5.56 Å². The molecule has 3 N–H and O–H groups in total. The van der Waals surface area contributed by atoms with Crippen LogP contribution in [0.4, 0.5) is 11.5 Å². The third kappa shape index (κ3) is 4.55. The number of hydrogen-bond donors (Lipinski definition) is 2. The van der Waals surface area contributed by atoms with Crippen LogP contribution in [-0.2, 0) is 23.1 Å². The number of carbonyl (C=O) groups excluding carboxylic acids is 3. The van der Waals surface area contributed by atoms with Gasteiger partial charge in [0, 0.05) is 18.5 Å². The van der Waals surface area contributed by atoms with E-state index in [-0.39, 0.29) is 29.8 Å². The predicted molar refractivity (Wildman–Crippen MR) is 116 cm³/mol.